The van der Waals surface area contributed by atoms with Gasteiger partial charge in [0.15, 0.2) is 10.1 Å². The van der Waals surface area contributed by atoms with Crippen LogP contribution in [-0.4, -0.2) is 92.4 Å². The Morgan fingerprint density at radius 1 is 0.471 bits per heavy atom. The smallest absolute Gasteiger partial charge is 0.263 e. The molecule has 0 spiro atoms. The first-order valence-corrected chi connectivity index (χ1v) is 25.2. The lowest BCUT2D eigenvalue weighted by Crippen LogP contribution is -2.31. The Bertz CT molecular complexity index is 2620. The standard InChI is InChI=1S/C27H38N4O4S.C24H31N3O4S/c1-27(2,3)20-31-23(19-29(4)5)16-26(28-31)36(32,33)30(17-21-8-12-24(34-6)13-9-21)18-22-10-14-25(35-7)15-11-22;1-24(2,3)18-26-15-14-23(25-26)32(28,29)27(16-19-6-10-21(30-4)11-7-19)17-20-8-12-22(31-5)13-9-20/h8-16H,17-20H2,1-7H3;6-15H,16-18H2,1-5H3. The highest BCUT2D eigenvalue weighted by atomic mass is 32.2. The maximum absolute atomic E-state index is 14.0. The molecule has 0 N–H and O–H groups in total. The Kier molecular flexibility index (Phi) is 18.0. The highest BCUT2D eigenvalue weighted by Gasteiger charge is 2.31. The molecule has 68 heavy (non-hydrogen) atoms. The van der Waals surface area contributed by atoms with Crippen LogP contribution in [0.1, 0.15) is 69.5 Å². The van der Waals surface area contributed by atoms with E-state index < -0.39 is 20.0 Å². The number of ether oxygens (including phenoxy) is 4. The summed E-state index contributed by atoms with van der Waals surface area (Å²) in [5.41, 5.74) is 4.22. The van der Waals surface area contributed by atoms with E-state index in [-0.39, 0.29) is 47.1 Å². The fourth-order valence-electron chi connectivity index (χ4n) is 7.10. The topological polar surface area (TPSA) is 151 Å². The van der Waals surface area contributed by atoms with E-state index in [1.54, 1.807) is 51.5 Å². The maximum atomic E-state index is 14.0. The zero-order chi connectivity index (χ0) is 49.9. The minimum absolute atomic E-state index is 0.0150. The van der Waals surface area contributed by atoms with Gasteiger partial charge in [0.2, 0.25) is 0 Å². The van der Waals surface area contributed by atoms with Crippen LogP contribution in [0.25, 0.3) is 0 Å². The van der Waals surface area contributed by atoms with Crippen LogP contribution in [0, 0.1) is 10.8 Å². The summed E-state index contributed by atoms with van der Waals surface area (Å²) in [4.78, 5) is 2.01. The predicted molar refractivity (Wildman–Crippen MR) is 266 cm³/mol. The lowest BCUT2D eigenvalue weighted by molar-refractivity contribution is 0.302. The van der Waals surface area contributed by atoms with Gasteiger partial charge in [-0.05, 0) is 102 Å². The van der Waals surface area contributed by atoms with Gasteiger partial charge < -0.3 is 23.8 Å². The zero-order valence-corrected chi connectivity index (χ0v) is 43.3. The van der Waals surface area contributed by atoms with E-state index in [0.717, 1.165) is 50.9 Å². The number of hydrogen-bond acceptors (Lipinski definition) is 11. The molecule has 2 aromatic heterocycles. The Hall–Kier alpha value is -5.72. The highest BCUT2D eigenvalue weighted by Crippen LogP contribution is 2.27. The molecule has 0 atom stereocenters. The van der Waals surface area contributed by atoms with Gasteiger partial charge in [0.25, 0.3) is 20.0 Å². The molecule has 6 rings (SSSR count). The lowest BCUT2D eigenvalue weighted by Gasteiger charge is -2.22. The number of methoxy groups -OCH3 is 4. The molecule has 0 aliphatic heterocycles. The van der Waals surface area contributed by atoms with Crippen molar-refractivity contribution in [1.82, 2.24) is 33.1 Å². The van der Waals surface area contributed by atoms with Crippen molar-refractivity contribution in [1.29, 1.82) is 0 Å². The number of rotatable bonds is 20. The fraction of sp³-hybridized carbons (Fsp3) is 0.412. The first-order chi connectivity index (χ1) is 32.0. The Labute approximate surface area is 404 Å². The number of benzene rings is 4. The van der Waals surface area contributed by atoms with E-state index in [1.165, 1.54) is 8.61 Å². The molecule has 0 saturated heterocycles. The van der Waals surface area contributed by atoms with Crippen LogP contribution < -0.4 is 18.9 Å². The summed E-state index contributed by atoms with van der Waals surface area (Å²) in [7, 11) is 2.61. The molecule has 6 aromatic rings. The second-order valence-corrected chi connectivity index (χ2v) is 23.1. The number of sulfonamides is 2. The third-order valence-corrected chi connectivity index (χ3v) is 13.8. The summed E-state index contributed by atoms with van der Waals surface area (Å²) in [6, 6.07) is 32.9. The van der Waals surface area contributed by atoms with E-state index in [1.807, 2.05) is 121 Å². The van der Waals surface area contributed by atoms with Crippen LogP contribution in [0.2, 0.25) is 0 Å². The molecule has 0 radical (unpaired) electrons. The van der Waals surface area contributed by atoms with Crippen LogP contribution in [0.15, 0.2) is 125 Å². The van der Waals surface area contributed by atoms with Gasteiger partial charge in [0.1, 0.15) is 23.0 Å². The predicted octanol–water partition coefficient (Wildman–Crippen LogP) is 8.74. The largest absolute Gasteiger partial charge is 0.497 e. The minimum atomic E-state index is -3.90. The first kappa shape index (κ1) is 53.2. The van der Waals surface area contributed by atoms with Gasteiger partial charge in [-0.3, -0.25) is 9.36 Å². The number of hydrogen-bond donors (Lipinski definition) is 0. The van der Waals surface area contributed by atoms with Crippen LogP contribution in [0.3, 0.4) is 0 Å². The fourth-order valence-corrected chi connectivity index (χ4v) is 9.83. The summed E-state index contributed by atoms with van der Waals surface area (Å²) < 4.78 is 82.5. The van der Waals surface area contributed by atoms with Crippen molar-refractivity contribution in [3.63, 3.8) is 0 Å². The minimum Gasteiger partial charge on any atom is -0.497 e. The second kappa shape index (κ2) is 23.1. The molecule has 15 nitrogen and oxygen atoms in total. The van der Waals surface area contributed by atoms with Crippen molar-refractivity contribution in [2.45, 2.75) is 97.4 Å². The molecule has 4 aromatic carbocycles. The van der Waals surface area contributed by atoms with Crippen molar-refractivity contribution in [3.8, 4) is 23.0 Å². The molecule has 0 unspecified atom stereocenters. The van der Waals surface area contributed by atoms with Crippen LogP contribution in [0.5, 0.6) is 23.0 Å². The van der Waals surface area contributed by atoms with Crippen LogP contribution in [0.4, 0.5) is 0 Å². The number of nitrogens with zero attached hydrogens (tertiary/aromatic N) is 7. The SMILES string of the molecule is COc1ccc(CN(Cc2ccc(OC)cc2)S(=O)(=O)c2cc(CN(C)C)n(CC(C)(C)C)n2)cc1.COc1ccc(CN(Cc2ccc(OC)cc2)S(=O)(=O)c2ccn(CC(C)(C)C)n2)cc1. The second-order valence-electron chi connectivity index (χ2n) is 19.3. The summed E-state index contributed by atoms with van der Waals surface area (Å²) in [5, 5.41) is 9.08. The molecule has 0 aliphatic carbocycles. The van der Waals surface area contributed by atoms with Crippen molar-refractivity contribution >= 4 is 20.0 Å². The average molecular weight is 972 g/mol. The van der Waals surface area contributed by atoms with Crippen molar-refractivity contribution in [2.75, 3.05) is 42.5 Å². The van der Waals surface area contributed by atoms with E-state index >= 15 is 0 Å². The van der Waals surface area contributed by atoms with E-state index in [4.69, 9.17) is 18.9 Å². The summed E-state index contributed by atoms with van der Waals surface area (Å²) in [6.45, 7) is 15.3. The molecule has 0 amide bonds. The summed E-state index contributed by atoms with van der Waals surface area (Å²) in [5.74, 6) is 2.88. The molecule has 2 heterocycles. The maximum Gasteiger partial charge on any atom is 0.263 e. The highest BCUT2D eigenvalue weighted by molar-refractivity contribution is 7.89. The van der Waals surface area contributed by atoms with Crippen molar-refractivity contribution < 1.29 is 35.8 Å². The van der Waals surface area contributed by atoms with E-state index in [0.29, 0.717) is 19.6 Å². The third kappa shape index (κ3) is 15.4. The van der Waals surface area contributed by atoms with Crippen LogP contribution >= 0.6 is 0 Å². The monoisotopic (exact) mass is 971 g/mol. The van der Waals surface area contributed by atoms with Gasteiger partial charge in [-0.15, -0.1) is 0 Å². The summed E-state index contributed by atoms with van der Waals surface area (Å²) >= 11 is 0. The lowest BCUT2D eigenvalue weighted by atomic mass is 9.97. The molecule has 0 aliphatic rings. The summed E-state index contributed by atoms with van der Waals surface area (Å²) in [6.07, 6.45) is 1.72. The van der Waals surface area contributed by atoms with Gasteiger partial charge in [-0.25, -0.2) is 16.8 Å². The Balaban J connectivity index is 0.000000256. The van der Waals surface area contributed by atoms with Crippen molar-refractivity contribution in [3.05, 3.63) is 143 Å². The van der Waals surface area contributed by atoms with E-state index in [9.17, 15) is 16.8 Å². The van der Waals surface area contributed by atoms with Crippen molar-refractivity contribution in [2.24, 2.45) is 10.8 Å². The molecular formula is C51H69N7O8S2. The quantitative estimate of drug-likeness (QED) is 0.0723. The molecular weight excluding hydrogens is 903 g/mol. The molecule has 17 heteroatoms. The number of aromatic nitrogens is 4. The average Bonchev–Trinajstić information content (AvgIpc) is 3.93. The first-order valence-electron chi connectivity index (χ1n) is 22.3. The third-order valence-electron chi connectivity index (χ3n) is 10.5. The van der Waals surface area contributed by atoms with Crippen LogP contribution in [-0.2, 0) is 65.9 Å². The van der Waals surface area contributed by atoms with Gasteiger partial charge in [0.05, 0.1) is 34.1 Å². The molecule has 0 bridgehead atoms. The van der Waals surface area contributed by atoms with Gasteiger partial charge in [-0.1, -0.05) is 90.1 Å². The van der Waals surface area contributed by atoms with E-state index in [2.05, 4.69) is 51.7 Å². The van der Waals surface area contributed by atoms with Gasteiger partial charge >= 0.3 is 0 Å². The zero-order valence-electron chi connectivity index (χ0n) is 41.6. The molecule has 0 fully saturated rings. The Morgan fingerprint density at radius 3 is 1.12 bits per heavy atom. The normalized spacial score (nSPS) is 12.3. The van der Waals surface area contributed by atoms with Gasteiger partial charge in [0, 0.05) is 58.1 Å². The molecule has 0 saturated carbocycles. The Morgan fingerprint density at radius 2 is 0.809 bits per heavy atom. The van der Waals surface area contributed by atoms with Gasteiger partial charge in [-0.2, -0.15) is 18.8 Å². The molecule has 368 valence electrons.